The minimum atomic E-state index is 0.634. The first-order chi connectivity index (χ1) is 65.9. The molecule has 13 heteroatoms. The molecule has 13 nitrogen and oxygen atoms in total. The first-order valence-corrected chi connectivity index (χ1v) is 45.0. The summed E-state index contributed by atoms with van der Waals surface area (Å²) in [6.45, 7) is 0. The molecule has 0 atom stereocenters. The lowest BCUT2D eigenvalue weighted by molar-refractivity contribution is 0.444. The topological polar surface area (TPSA) is 84.8 Å². The van der Waals surface area contributed by atoms with Crippen LogP contribution in [0.15, 0.2) is 419 Å². The standard InChI is InChI=1S/C120H69N7O6/c1-2-20-80(21-3-1)121-92-26-8-4-22-84(92)88-58-72(42-52-96(88)121)73-43-53-97-89(59-73)85-23-5-9-27-93(85)122(97)81-48-38-70(39-49-81)71-40-50-82(51-41-71)123-94-28-10-6-24-86(94)90-60-74(44-54-98(90)123)75-45-55-99-91(61-75)87-25-7-11-29-95(87)124(99)83-68-116-120-117(69-83)133-111-63-77(79-66-114-119-115(67-79)131-109-37-19-15-33-103(109)126(119)102-32-14-18-36-108(102)130-114)47-57-105(111)127(120)104-56-46-76(62-110(104)132-116)78-64-112-118-113(65-78)129-107-35-17-13-31-101(107)125(118)100-30-12-16-34-106(100)128-112/h1-69H. The Kier molecular flexibility index (Phi) is 14.7. The molecule has 6 aliphatic rings. The first-order valence-electron chi connectivity index (χ1n) is 45.0. The molecule has 0 saturated heterocycles. The third-order valence-corrected chi connectivity index (χ3v) is 27.8. The molecule has 20 aromatic carbocycles. The highest BCUT2D eigenvalue weighted by atomic mass is 16.5. The maximum Gasteiger partial charge on any atom is 0.157 e. The van der Waals surface area contributed by atoms with E-state index in [1.54, 1.807) is 0 Å². The molecule has 0 amide bonds. The number of nitrogens with zero attached hydrogens (tertiary/aromatic N) is 7. The van der Waals surface area contributed by atoms with Crippen LogP contribution in [0.1, 0.15) is 0 Å². The molecule has 24 aromatic rings. The Morgan fingerprint density at radius 1 is 0.128 bits per heavy atom. The minimum absolute atomic E-state index is 0.634. The zero-order valence-corrected chi connectivity index (χ0v) is 70.9. The number of aromatic nitrogens is 4. The molecule has 0 fully saturated rings. The van der Waals surface area contributed by atoms with Crippen LogP contribution >= 0.6 is 0 Å². The molecule has 0 saturated carbocycles. The van der Waals surface area contributed by atoms with Gasteiger partial charge in [-0.25, -0.2) is 0 Å². The molecule has 6 aliphatic heterocycles. The molecular formula is C120H69N7O6. The van der Waals surface area contributed by atoms with Crippen molar-refractivity contribution in [1.82, 2.24) is 18.3 Å². The van der Waals surface area contributed by atoms with E-state index in [4.69, 9.17) is 28.4 Å². The fourth-order valence-corrected chi connectivity index (χ4v) is 21.9. The van der Waals surface area contributed by atoms with E-state index in [9.17, 15) is 0 Å². The summed E-state index contributed by atoms with van der Waals surface area (Å²) in [4.78, 5) is 6.79. The number of rotatable bonds is 9. The van der Waals surface area contributed by atoms with Gasteiger partial charge in [0.1, 0.15) is 17.1 Å². The van der Waals surface area contributed by atoms with Crippen LogP contribution in [0.2, 0.25) is 0 Å². The van der Waals surface area contributed by atoms with E-state index in [1.807, 2.05) is 72.8 Å². The molecule has 0 spiro atoms. The van der Waals surface area contributed by atoms with Gasteiger partial charge < -0.3 is 46.7 Å². The van der Waals surface area contributed by atoms with Gasteiger partial charge in [-0.3, -0.25) is 14.7 Å². The summed E-state index contributed by atoms with van der Waals surface area (Å²) >= 11 is 0. The van der Waals surface area contributed by atoms with Crippen molar-refractivity contribution >= 4 is 138 Å². The van der Waals surface area contributed by atoms with Crippen LogP contribution in [0.25, 0.3) is 166 Å². The predicted octanol–water partition coefficient (Wildman–Crippen LogP) is 33.5. The van der Waals surface area contributed by atoms with Gasteiger partial charge in [0.05, 0.1) is 83.9 Å². The zero-order chi connectivity index (χ0) is 86.5. The average Bonchev–Trinajstić information content (AvgIpc) is 1.05. The highest BCUT2D eigenvalue weighted by molar-refractivity contribution is 6.16. The van der Waals surface area contributed by atoms with Gasteiger partial charge in [-0.15, -0.1) is 0 Å². The van der Waals surface area contributed by atoms with Gasteiger partial charge in [0.2, 0.25) is 0 Å². The van der Waals surface area contributed by atoms with Gasteiger partial charge in [-0.05, 0) is 262 Å². The molecule has 0 N–H and O–H groups in total. The minimum Gasteiger partial charge on any atom is -0.453 e. The van der Waals surface area contributed by atoms with Gasteiger partial charge in [-0.1, -0.05) is 200 Å². The van der Waals surface area contributed by atoms with Crippen molar-refractivity contribution in [2.75, 3.05) is 14.7 Å². The summed E-state index contributed by atoms with van der Waals surface area (Å²) in [6, 6.07) is 150. The van der Waals surface area contributed by atoms with Crippen LogP contribution < -0.4 is 43.1 Å². The van der Waals surface area contributed by atoms with E-state index >= 15 is 0 Å². The van der Waals surface area contributed by atoms with Crippen molar-refractivity contribution in [3.05, 3.63) is 419 Å². The smallest absolute Gasteiger partial charge is 0.157 e. The first kappa shape index (κ1) is 71.9. The summed E-state index contributed by atoms with van der Waals surface area (Å²) in [7, 11) is 0. The third kappa shape index (κ3) is 10.5. The summed E-state index contributed by atoms with van der Waals surface area (Å²) in [5.41, 5.74) is 31.8. The Labute approximate surface area is 760 Å². The van der Waals surface area contributed by atoms with Crippen LogP contribution in [0.5, 0.6) is 69.0 Å². The van der Waals surface area contributed by atoms with Gasteiger partial charge in [0.15, 0.2) is 69.0 Å². The molecule has 4 aromatic heterocycles. The molecule has 0 bridgehead atoms. The summed E-state index contributed by atoms with van der Waals surface area (Å²) in [5, 5.41) is 9.51. The summed E-state index contributed by atoms with van der Waals surface area (Å²) < 4.78 is 51.6. The van der Waals surface area contributed by atoms with Crippen molar-refractivity contribution < 1.29 is 28.4 Å². The second kappa shape index (κ2) is 27.2. The van der Waals surface area contributed by atoms with Crippen molar-refractivity contribution in [3.8, 4) is 147 Å². The predicted molar refractivity (Wildman–Crippen MR) is 535 cm³/mol. The number of ether oxygens (including phenoxy) is 6. The van der Waals surface area contributed by atoms with E-state index in [0.29, 0.717) is 46.0 Å². The van der Waals surface area contributed by atoms with Crippen LogP contribution in [0, 0.1) is 0 Å². The second-order valence-corrected chi connectivity index (χ2v) is 35.1. The number of hydrogen-bond acceptors (Lipinski definition) is 9. The molecule has 30 rings (SSSR count). The molecule has 620 valence electrons. The Bertz CT molecular complexity index is 8890. The maximum atomic E-state index is 7.41. The van der Waals surface area contributed by atoms with Gasteiger partial charge in [0, 0.05) is 72.3 Å². The van der Waals surface area contributed by atoms with E-state index < -0.39 is 0 Å². The maximum absolute atomic E-state index is 7.41. The monoisotopic (exact) mass is 1700 g/mol. The Morgan fingerprint density at radius 2 is 0.353 bits per heavy atom. The molecule has 0 radical (unpaired) electrons. The summed E-state index contributed by atoms with van der Waals surface area (Å²) in [6.07, 6.45) is 0. The fraction of sp³-hybridized carbons (Fsp3) is 0. The number of benzene rings is 20. The number of hydrogen-bond donors (Lipinski definition) is 0. The Balaban J connectivity index is 0.493. The number of fused-ring (bicyclic) bond motifs is 24. The number of anilines is 9. The van der Waals surface area contributed by atoms with Gasteiger partial charge in [0.25, 0.3) is 0 Å². The zero-order valence-electron chi connectivity index (χ0n) is 70.9. The quantitative estimate of drug-likeness (QED) is 0.140. The Hall–Kier alpha value is -18.2. The SMILES string of the molecule is c1ccc(-n2c3ccccc3c3cc(-c4ccc5c(c4)c4ccccc4n5-c4ccc(-c5ccc(-n6c7ccccc7c7cc(-c8ccc9c(c8)c8ccccc8n9-c8cc9c%10c(c8)Oc8cc(-c%11cc%12c%13c(c%11)Oc%11ccccc%11N%13c%11ccccc%11O%12)ccc8N%10c8ccc(-c%10cc%11c%12c(c%10)Oc%10ccccc%10N%12c%10ccccc%10O%11)cc8O9)ccc76)cc5)cc4)ccc32)cc1. The lowest BCUT2D eigenvalue weighted by Crippen LogP contribution is -2.21. The van der Waals surface area contributed by atoms with Crippen molar-refractivity contribution in [2.24, 2.45) is 0 Å². The van der Waals surface area contributed by atoms with Crippen LogP contribution in [0.3, 0.4) is 0 Å². The van der Waals surface area contributed by atoms with E-state index in [-0.39, 0.29) is 0 Å². The van der Waals surface area contributed by atoms with Crippen LogP contribution in [-0.2, 0) is 0 Å². The normalized spacial score (nSPS) is 13.1. The fourth-order valence-electron chi connectivity index (χ4n) is 21.9. The lowest BCUT2D eigenvalue weighted by Gasteiger charge is -2.39. The van der Waals surface area contributed by atoms with E-state index in [2.05, 4.69) is 379 Å². The second-order valence-electron chi connectivity index (χ2n) is 35.1. The largest absolute Gasteiger partial charge is 0.453 e. The van der Waals surface area contributed by atoms with Crippen LogP contribution in [0.4, 0.5) is 51.2 Å². The van der Waals surface area contributed by atoms with Crippen LogP contribution in [-0.4, -0.2) is 18.3 Å². The highest BCUT2D eigenvalue weighted by Crippen LogP contribution is 2.66. The molecule has 0 unspecified atom stereocenters. The molecule has 133 heavy (non-hydrogen) atoms. The average molecular weight is 1700 g/mol. The van der Waals surface area contributed by atoms with Gasteiger partial charge >= 0.3 is 0 Å². The molecule has 0 aliphatic carbocycles. The third-order valence-electron chi connectivity index (χ3n) is 27.8. The van der Waals surface area contributed by atoms with E-state index in [1.165, 1.54) is 65.5 Å². The molecular weight excluding hydrogens is 1640 g/mol. The van der Waals surface area contributed by atoms with E-state index in [0.717, 1.165) is 174 Å². The van der Waals surface area contributed by atoms with Crippen molar-refractivity contribution in [2.45, 2.75) is 0 Å². The van der Waals surface area contributed by atoms with Gasteiger partial charge in [-0.2, -0.15) is 0 Å². The number of para-hydroxylation sites is 13. The van der Waals surface area contributed by atoms with Crippen molar-refractivity contribution in [1.29, 1.82) is 0 Å². The highest BCUT2D eigenvalue weighted by Gasteiger charge is 2.41. The van der Waals surface area contributed by atoms with Crippen molar-refractivity contribution in [3.63, 3.8) is 0 Å². The lowest BCUT2D eigenvalue weighted by atomic mass is 9.98. The Morgan fingerprint density at radius 3 is 0.684 bits per heavy atom. The summed E-state index contributed by atoms with van der Waals surface area (Å²) in [5.74, 6) is 8.39. The molecule has 10 heterocycles.